The summed E-state index contributed by atoms with van der Waals surface area (Å²) < 4.78 is 8.15. The lowest BCUT2D eigenvalue weighted by Crippen LogP contribution is -1.98. The molecule has 0 N–H and O–H groups in total. The van der Waals surface area contributed by atoms with Crippen LogP contribution in [0.25, 0.3) is 5.52 Å². The second-order valence-electron chi connectivity index (χ2n) is 4.18. The van der Waals surface area contributed by atoms with Crippen molar-refractivity contribution in [2.75, 3.05) is 0 Å². The average Bonchev–Trinajstić information content (AvgIpc) is 3.04. The topological polar surface area (TPSA) is 47.5 Å². The lowest BCUT2D eigenvalue weighted by molar-refractivity contribution is 0.112. The van der Waals surface area contributed by atoms with Gasteiger partial charge in [-0.05, 0) is 40.2 Å². The highest BCUT2D eigenvalue weighted by atomic mass is 79.9. The number of imidazole rings is 1. The SMILES string of the molecule is O=Cc1nc(CCc2ccco2)n2c(Br)cccc12. The average molecular weight is 319 g/mol. The van der Waals surface area contributed by atoms with Crippen LogP contribution in [0.3, 0.4) is 0 Å². The fourth-order valence-corrected chi connectivity index (χ4v) is 2.68. The fourth-order valence-electron chi connectivity index (χ4n) is 2.14. The zero-order valence-electron chi connectivity index (χ0n) is 10.0. The van der Waals surface area contributed by atoms with Crippen LogP contribution < -0.4 is 0 Å². The van der Waals surface area contributed by atoms with Crippen LogP contribution in [0.5, 0.6) is 0 Å². The number of hydrogen-bond acceptors (Lipinski definition) is 3. The molecule has 0 atom stereocenters. The van der Waals surface area contributed by atoms with E-state index < -0.39 is 0 Å². The summed E-state index contributed by atoms with van der Waals surface area (Å²) in [5.74, 6) is 1.76. The van der Waals surface area contributed by atoms with E-state index in [1.165, 1.54) is 0 Å². The summed E-state index contributed by atoms with van der Waals surface area (Å²) in [6.07, 6.45) is 3.92. The van der Waals surface area contributed by atoms with Crippen molar-refractivity contribution >= 4 is 27.7 Å². The highest BCUT2D eigenvalue weighted by Gasteiger charge is 2.12. The van der Waals surface area contributed by atoms with Crippen LogP contribution in [0, 0.1) is 0 Å². The Labute approximate surface area is 118 Å². The second kappa shape index (κ2) is 5.01. The Hall–Kier alpha value is -1.88. The van der Waals surface area contributed by atoms with Crippen LogP contribution in [-0.2, 0) is 12.8 Å². The number of aryl methyl sites for hydroxylation is 2. The molecule has 5 heteroatoms. The summed E-state index contributed by atoms with van der Waals surface area (Å²) in [5, 5.41) is 0. The number of hydrogen-bond donors (Lipinski definition) is 0. The molecule has 3 rings (SSSR count). The number of aromatic nitrogens is 2. The zero-order chi connectivity index (χ0) is 13.2. The molecular weight excluding hydrogens is 308 g/mol. The third-order valence-corrected chi connectivity index (χ3v) is 3.62. The van der Waals surface area contributed by atoms with Gasteiger partial charge in [0.15, 0.2) is 6.29 Å². The smallest absolute Gasteiger partial charge is 0.170 e. The number of fused-ring (bicyclic) bond motifs is 1. The molecule has 0 spiro atoms. The maximum atomic E-state index is 11.1. The standard InChI is InChI=1S/C14H11BrN2O2/c15-13-5-1-4-12-11(9-18)16-14(17(12)13)7-6-10-3-2-8-19-10/h1-5,8-9H,6-7H2. The van der Waals surface area contributed by atoms with Gasteiger partial charge in [0.2, 0.25) is 0 Å². The van der Waals surface area contributed by atoms with Crippen molar-refractivity contribution in [2.24, 2.45) is 0 Å². The van der Waals surface area contributed by atoms with Gasteiger partial charge in [0.05, 0.1) is 16.4 Å². The Morgan fingerprint density at radius 1 is 1.26 bits per heavy atom. The van der Waals surface area contributed by atoms with Crippen LogP contribution >= 0.6 is 15.9 Å². The number of aldehydes is 1. The van der Waals surface area contributed by atoms with Gasteiger partial charge in [0, 0.05) is 12.8 Å². The van der Waals surface area contributed by atoms with Crippen molar-refractivity contribution in [1.82, 2.24) is 9.38 Å². The second-order valence-corrected chi connectivity index (χ2v) is 4.99. The molecule has 0 bridgehead atoms. The highest BCUT2D eigenvalue weighted by molar-refractivity contribution is 9.10. The minimum Gasteiger partial charge on any atom is -0.469 e. The Morgan fingerprint density at radius 2 is 2.16 bits per heavy atom. The van der Waals surface area contributed by atoms with E-state index in [0.29, 0.717) is 12.1 Å². The van der Waals surface area contributed by atoms with Gasteiger partial charge < -0.3 is 4.42 Å². The molecule has 0 aliphatic rings. The summed E-state index contributed by atoms with van der Waals surface area (Å²) in [5.41, 5.74) is 1.29. The van der Waals surface area contributed by atoms with Gasteiger partial charge in [-0.15, -0.1) is 0 Å². The van der Waals surface area contributed by atoms with Gasteiger partial charge in [0.1, 0.15) is 17.3 Å². The Bertz CT molecular complexity index is 716. The highest BCUT2D eigenvalue weighted by Crippen LogP contribution is 2.20. The van der Waals surface area contributed by atoms with E-state index in [-0.39, 0.29) is 0 Å². The molecule has 0 unspecified atom stereocenters. The first kappa shape index (κ1) is 12.2. The number of nitrogens with zero attached hydrogens (tertiary/aromatic N) is 2. The fraction of sp³-hybridized carbons (Fsp3) is 0.143. The molecule has 0 aliphatic heterocycles. The van der Waals surface area contributed by atoms with Gasteiger partial charge in [-0.1, -0.05) is 6.07 Å². The minimum atomic E-state index is 0.468. The molecule has 0 amide bonds. The van der Waals surface area contributed by atoms with E-state index in [2.05, 4.69) is 20.9 Å². The largest absolute Gasteiger partial charge is 0.469 e. The summed E-state index contributed by atoms with van der Waals surface area (Å²) in [6, 6.07) is 9.51. The monoisotopic (exact) mass is 318 g/mol. The molecule has 4 nitrogen and oxygen atoms in total. The zero-order valence-corrected chi connectivity index (χ0v) is 11.6. The van der Waals surface area contributed by atoms with E-state index in [9.17, 15) is 4.79 Å². The van der Waals surface area contributed by atoms with Crippen molar-refractivity contribution in [3.05, 3.63) is 58.5 Å². The number of carbonyl (C=O) groups excluding carboxylic acids is 1. The van der Waals surface area contributed by atoms with E-state index in [1.807, 2.05) is 34.7 Å². The van der Waals surface area contributed by atoms with Gasteiger partial charge in [0.25, 0.3) is 0 Å². The summed E-state index contributed by atoms with van der Waals surface area (Å²) in [6.45, 7) is 0. The molecule has 0 fully saturated rings. The van der Waals surface area contributed by atoms with Crippen LogP contribution in [0.4, 0.5) is 0 Å². The van der Waals surface area contributed by atoms with E-state index >= 15 is 0 Å². The summed E-state index contributed by atoms with van der Waals surface area (Å²) in [7, 11) is 0. The Morgan fingerprint density at radius 3 is 2.89 bits per heavy atom. The van der Waals surface area contributed by atoms with Gasteiger partial charge in [-0.25, -0.2) is 4.98 Å². The third kappa shape index (κ3) is 2.21. The van der Waals surface area contributed by atoms with Crippen LogP contribution in [0.2, 0.25) is 0 Å². The van der Waals surface area contributed by atoms with Gasteiger partial charge >= 0.3 is 0 Å². The van der Waals surface area contributed by atoms with Crippen LogP contribution in [0.1, 0.15) is 22.1 Å². The lowest BCUT2D eigenvalue weighted by atomic mass is 10.2. The molecule has 19 heavy (non-hydrogen) atoms. The molecule has 3 aromatic heterocycles. The van der Waals surface area contributed by atoms with Crippen molar-refractivity contribution in [1.29, 1.82) is 0 Å². The maximum absolute atomic E-state index is 11.1. The number of pyridine rings is 1. The molecule has 96 valence electrons. The lowest BCUT2D eigenvalue weighted by Gasteiger charge is -2.02. The Balaban J connectivity index is 2.00. The number of rotatable bonds is 4. The quantitative estimate of drug-likeness (QED) is 0.548. The first-order valence-electron chi connectivity index (χ1n) is 5.93. The normalized spacial score (nSPS) is 11.0. The Kier molecular flexibility index (Phi) is 3.21. The summed E-state index contributed by atoms with van der Waals surface area (Å²) >= 11 is 3.49. The van der Waals surface area contributed by atoms with Crippen molar-refractivity contribution in [3.8, 4) is 0 Å². The number of furan rings is 1. The summed E-state index contributed by atoms with van der Waals surface area (Å²) in [4.78, 5) is 15.5. The molecular formula is C14H11BrN2O2. The molecule has 0 radical (unpaired) electrons. The van der Waals surface area contributed by atoms with E-state index in [4.69, 9.17) is 4.42 Å². The maximum Gasteiger partial charge on any atom is 0.170 e. The first-order chi connectivity index (χ1) is 9.29. The number of carbonyl (C=O) groups is 1. The van der Waals surface area contributed by atoms with Crippen molar-refractivity contribution in [3.63, 3.8) is 0 Å². The van der Waals surface area contributed by atoms with Crippen molar-refractivity contribution < 1.29 is 9.21 Å². The molecule has 0 aromatic carbocycles. The predicted octanol–water partition coefficient (Wildman–Crippen LogP) is 3.29. The molecule has 0 saturated carbocycles. The first-order valence-corrected chi connectivity index (χ1v) is 6.72. The predicted molar refractivity (Wildman–Crippen MR) is 74.4 cm³/mol. The van der Waals surface area contributed by atoms with Crippen molar-refractivity contribution in [2.45, 2.75) is 12.8 Å². The molecule has 0 saturated heterocycles. The minimum absolute atomic E-state index is 0.468. The third-order valence-electron chi connectivity index (χ3n) is 3.00. The molecule has 0 aliphatic carbocycles. The van der Waals surface area contributed by atoms with E-state index in [1.54, 1.807) is 6.26 Å². The molecule has 3 heterocycles. The van der Waals surface area contributed by atoms with Gasteiger partial charge in [-0.3, -0.25) is 9.20 Å². The van der Waals surface area contributed by atoms with E-state index in [0.717, 1.165) is 34.4 Å². The van der Waals surface area contributed by atoms with Gasteiger partial charge in [-0.2, -0.15) is 0 Å². The van der Waals surface area contributed by atoms with Crippen LogP contribution in [-0.4, -0.2) is 15.7 Å². The number of halogens is 1. The van der Waals surface area contributed by atoms with Crippen LogP contribution in [0.15, 0.2) is 45.6 Å². The molecule has 3 aromatic rings.